The van der Waals surface area contributed by atoms with Gasteiger partial charge in [-0.2, -0.15) is 0 Å². The van der Waals surface area contributed by atoms with E-state index in [-0.39, 0.29) is 5.91 Å². The average Bonchev–Trinajstić information content (AvgIpc) is 3.25. The number of carbonyl (C=O) groups excluding carboxylic acids is 1. The van der Waals surface area contributed by atoms with Crippen molar-refractivity contribution in [2.45, 2.75) is 0 Å². The second-order valence-corrected chi connectivity index (χ2v) is 6.58. The number of rotatable bonds is 3. The van der Waals surface area contributed by atoms with Gasteiger partial charge in [-0.25, -0.2) is 4.98 Å². The topological polar surface area (TPSA) is 57.8 Å². The van der Waals surface area contributed by atoms with Gasteiger partial charge in [-0.3, -0.25) is 4.79 Å². The van der Waals surface area contributed by atoms with Crippen molar-refractivity contribution in [2.75, 3.05) is 5.32 Å². The van der Waals surface area contributed by atoms with Crippen molar-refractivity contribution in [3.8, 4) is 11.4 Å². The number of carbonyl (C=O) groups is 1. The lowest BCUT2D eigenvalue weighted by atomic mass is 10.2. The summed E-state index contributed by atoms with van der Waals surface area (Å²) in [5.74, 6) is 0.538. The number of para-hydroxylation sites is 2. The Morgan fingerprint density at radius 3 is 2.79 bits per heavy atom. The van der Waals surface area contributed by atoms with Crippen molar-refractivity contribution < 1.29 is 4.79 Å². The summed E-state index contributed by atoms with van der Waals surface area (Å²) in [5, 5.41) is 5.33. The Morgan fingerprint density at radius 2 is 2.00 bits per heavy atom. The van der Waals surface area contributed by atoms with Gasteiger partial charge in [-0.1, -0.05) is 29.8 Å². The lowest BCUT2D eigenvalue weighted by Crippen LogP contribution is -2.10. The first-order valence-electron chi connectivity index (χ1n) is 7.30. The molecular weight excluding hydrogens is 342 g/mol. The number of aromatic amines is 1. The number of thiophene rings is 1. The first kappa shape index (κ1) is 14.9. The summed E-state index contributed by atoms with van der Waals surface area (Å²) in [6, 6.07) is 16.8. The summed E-state index contributed by atoms with van der Waals surface area (Å²) in [6.45, 7) is 0. The fourth-order valence-corrected chi connectivity index (χ4v) is 3.29. The maximum absolute atomic E-state index is 12.2. The molecule has 4 rings (SSSR count). The van der Waals surface area contributed by atoms with Gasteiger partial charge in [0, 0.05) is 11.3 Å². The van der Waals surface area contributed by atoms with Crippen molar-refractivity contribution in [3.63, 3.8) is 0 Å². The molecule has 2 aromatic carbocycles. The summed E-state index contributed by atoms with van der Waals surface area (Å²) in [7, 11) is 0. The quantitative estimate of drug-likeness (QED) is 0.532. The zero-order valence-electron chi connectivity index (χ0n) is 12.4. The van der Waals surface area contributed by atoms with E-state index in [9.17, 15) is 4.79 Å². The molecule has 4 nitrogen and oxygen atoms in total. The zero-order chi connectivity index (χ0) is 16.5. The summed E-state index contributed by atoms with van der Waals surface area (Å²) in [4.78, 5) is 20.7. The van der Waals surface area contributed by atoms with Crippen molar-refractivity contribution >= 4 is 45.6 Å². The lowest BCUT2D eigenvalue weighted by Gasteiger charge is -2.07. The van der Waals surface area contributed by atoms with Gasteiger partial charge >= 0.3 is 0 Å². The van der Waals surface area contributed by atoms with E-state index >= 15 is 0 Å². The lowest BCUT2D eigenvalue weighted by molar-refractivity contribution is 0.103. The average molecular weight is 354 g/mol. The molecule has 0 aliphatic rings. The van der Waals surface area contributed by atoms with E-state index in [2.05, 4.69) is 15.3 Å². The normalized spacial score (nSPS) is 10.9. The molecule has 2 heterocycles. The van der Waals surface area contributed by atoms with Crippen LogP contribution in [0.2, 0.25) is 5.02 Å². The van der Waals surface area contributed by atoms with Crippen molar-refractivity contribution in [1.29, 1.82) is 0 Å². The third kappa shape index (κ3) is 2.79. The highest BCUT2D eigenvalue weighted by molar-refractivity contribution is 7.12. The number of imidazole rings is 1. The van der Waals surface area contributed by atoms with Crippen LogP contribution in [0.3, 0.4) is 0 Å². The van der Waals surface area contributed by atoms with Gasteiger partial charge in [-0.15, -0.1) is 11.3 Å². The fourth-order valence-electron chi connectivity index (χ4n) is 2.47. The van der Waals surface area contributed by atoms with Gasteiger partial charge in [0.1, 0.15) is 5.82 Å². The van der Waals surface area contributed by atoms with Crippen LogP contribution in [-0.4, -0.2) is 15.9 Å². The van der Waals surface area contributed by atoms with E-state index in [1.54, 1.807) is 18.2 Å². The Bertz CT molecular complexity index is 991. The van der Waals surface area contributed by atoms with Crippen LogP contribution in [0.25, 0.3) is 22.4 Å². The number of H-pyrrole nitrogens is 1. The maximum Gasteiger partial charge on any atom is 0.265 e. The standard InChI is InChI=1S/C18H12ClN3OS/c19-13-8-7-11(20-18(23)16-6-3-9-24-16)10-12(13)17-21-14-4-1-2-5-15(14)22-17/h1-10H,(H,20,23)(H,21,22). The minimum Gasteiger partial charge on any atom is -0.338 e. The molecular formula is C18H12ClN3OS. The van der Waals surface area contributed by atoms with Crippen LogP contribution >= 0.6 is 22.9 Å². The van der Waals surface area contributed by atoms with Gasteiger partial charge in [-0.05, 0) is 41.8 Å². The molecule has 118 valence electrons. The number of halogens is 1. The Balaban J connectivity index is 1.69. The van der Waals surface area contributed by atoms with Crippen LogP contribution in [0, 0.1) is 0 Å². The van der Waals surface area contributed by atoms with Crippen molar-refractivity contribution in [2.24, 2.45) is 0 Å². The van der Waals surface area contributed by atoms with E-state index in [4.69, 9.17) is 11.6 Å². The highest BCUT2D eigenvalue weighted by Gasteiger charge is 2.12. The third-order valence-electron chi connectivity index (χ3n) is 3.61. The Kier molecular flexibility index (Phi) is 3.80. The predicted molar refractivity (Wildman–Crippen MR) is 98.8 cm³/mol. The molecule has 6 heteroatoms. The molecule has 0 spiro atoms. The first-order chi connectivity index (χ1) is 11.7. The van der Waals surface area contributed by atoms with Crippen molar-refractivity contribution in [1.82, 2.24) is 9.97 Å². The van der Waals surface area contributed by atoms with Gasteiger partial charge in [0.2, 0.25) is 0 Å². The highest BCUT2D eigenvalue weighted by atomic mass is 35.5. The number of aromatic nitrogens is 2. The zero-order valence-corrected chi connectivity index (χ0v) is 14.0. The smallest absolute Gasteiger partial charge is 0.265 e. The molecule has 0 atom stereocenters. The predicted octanol–water partition coefficient (Wildman–Crippen LogP) is 5.20. The van der Waals surface area contributed by atoms with Crippen LogP contribution in [0.1, 0.15) is 9.67 Å². The summed E-state index contributed by atoms with van der Waals surface area (Å²) >= 11 is 7.72. The number of hydrogen-bond donors (Lipinski definition) is 2. The van der Waals surface area contributed by atoms with Crippen molar-refractivity contribution in [3.05, 3.63) is 69.9 Å². The number of nitrogens with zero attached hydrogens (tertiary/aromatic N) is 1. The molecule has 0 saturated heterocycles. The Labute approximate surface area is 147 Å². The summed E-state index contributed by atoms with van der Waals surface area (Å²) < 4.78 is 0. The second kappa shape index (κ2) is 6.11. The molecule has 0 radical (unpaired) electrons. The molecule has 24 heavy (non-hydrogen) atoms. The van der Waals surface area contributed by atoms with Crippen LogP contribution in [0.15, 0.2) is 60.0 Å². The maximum atomic E-state index is 12.2. The molecule has 2 aromatic heterocycles. The van der Waals surface area contributed by atoms with E-state index < -0.39 is 0 Å². The Morgan fingerprint density at radius 1 is 1.12 bits per heavy atom. The molecule has 0 fully saturated rings. The minimum absolute atomic E-state index is 0.136. The van der Waals surface area contributed by atoms with Crippen LogP contribution in [0.5, 0.6) is 0 Å². The highest BCUT2D eigenvalue weighted by Crippen LogP contribution is 2.30. The first-order valence-corrected chi connectivity index (χ1v) is 8.56. The van der Waals surface area contributed by atoms with Crippen LogP contribution < -0.4 is 5.32 Å². The summed E-state index contributed by atoms with van der Waals surface area (Å²) in [5.41, 5.74) is 3.23. The molecule has 0 unspecified atom stereocenters. The van der Waals surface area contributed by atoms with E-state index in [1.165, 1.54) is 11.3 Å². The van der Waals surface area contributed by atoms with Gasteiger partial charge in [0.05, 0.1) is 20.9 Å². The van der Waals surface area contributed by atoms with Gasteiger partial charge in [0.25, 0.3) is 5.91 Å². The summed E-state index contributed by atoms with van der Waals surface area (Å²) in [6.07, 6.45) is 0. The van der Waals surface area contributed by atoms with Gasteiger partial charge < -0.3 is 10.3 Å². The number of fused-ring (bicyclic) bond motifs is 1. The third-order valence-corrected chi connectivity index (χ3v) is 4.81. The number of anilines is 1. The molecule has 1 amide bonds. The molecule has 0 bridgehead atoms. The molecule has 4 aromatic rings. The molecule has 0 aliphatic carbocycles. The molecule has 0 saturated carbocycles. The SMILES string of the molecule is O=C(Nc1ccc(Cl)c(-c2nc3ccccc3[nH]2)c1)c1cccs1. The molecule has 2 N–H and O–H groups in total. The number of hydrogen-bond acceptors (Lipinski definition) is 3. The van der Waals surface area contributed by atoms with E-state index in [0.29, 0.717) is 21.4 Å². The van der Waals surface area contributed by atoms with Gasteiger partial charge in [0.15, 0.2) is 0 Å². The number of amides is 1. The largest absolute Gasteiger partial charge is 0.338 e. The second-order valence-electron chi connectivity index (χ2n) is 5.23. The van der Waals surface area contributed by atoms with E-state index in [0.717, 1.165) is 16.6 Å². The fraction of sp³-hybridized carbons (Fsp3) is 0. The van der Waals surface area contributed by atoms with Crippen LogP contribution in [0.4, 0.5) is 5.69 Å². The van der Waals surface area contributed by atoms with Crippen LogP contribution in [-0.2, 0) is 0 Å². The monoisotopic (exact) mass is 353 g/mol. The number of nitrogens with one attached hydrogen (secondary N) is 2. The van der Waals surface area contributed by atoms with E-state index in [1.807, 2.05) is 41.8 Å². The number of benzene rings is 2. The minimum atomic E-state index is -0.136. The Hall–Kier alpha value is -2.63. The molecule has 0 aliphatic heterocycles.